The average Bonchev–Trinajstić information content (AvgIpc) is 3.01. The van der Waals surface area contributed by atoms with Crippen LogP contribution in [0, 0.1) is 0 Å². The lowest BCUT2D eigenvalue weighted by molar-refractivity contribution is 0.138. The van der Waals surface area contributed by atoms with Crippen LogP contribution < -0.4 is 20.7 Å². The van der Waals surface area contributed by atoms with Gasteiger partial charge in [0.05, 0.1) is 25.3 Å². The largest absolute Gasteiger partial charge is 0.486 e. The molecule has 3 heterocycles. The van der Waals surface area contributed by atoms with E-state index < -0.39 is 6.09 Å². The number of rotatable bonds is 4. The number of hydrogen-bond acceptors (Lipinski definition) is 6. The lowest BCUT2D eigenvalue weighted by atomic mass is 9.86. The predicted molar refractivity (Wildman–Crippen MR) is 130 cm³/mol. The van der Waals surface area contributed by atoms with Crippen LogP contribution >= 0.6 is 12.2 Å². The molecule has 2 aromatic heterocycles. The molecular weight excluding hydrogens is 428 g/mol. The number of fused-ring (bicyclic) bond motifs is 1. The summed E-state index contributed by atoms with van der Waals surface area (Å²) in [6.07, 6.45) is 5.00. The number of aromatic nitrogens is 2. The van der Waals surface area contributed by atoms with Gasteiger partial charge >= 0.3 is 6.09 Å². The third-order valence-corrected chi connectivity index (χ3v) is 4.95. The Hall–Kier alpha value is -3.27. The highest BCUT2D eigenvalue weighted by Gasteiger charge is 2.30. The summed E-state index contributed by atoms with van der Waals surface area (Å²) in [4.78, 5) is 24.7. The fourth-order valence-corrected chi connectivity index (χ4v) is 3.49. The maximum Gasteiger partial charge on any atom is 0.411 e. The number of methoxy groups -OCH3 is 1. The molecule has 0 saturated heterocycles. The average molecular weight is 457 g/mol. The van der Waals surface area contributed by atoms with Crippen LogP contribution in [0.4, 0.5) is 22.1 Å². The van der Waals surface area contributed by atoms with Gasteiger partial charge in [0.1, 0.15) is 17.2 Å². The van der Waals surface area contributed by atoms with Crippen molar-refractivity contribution in [3.05, 3.63) is 35.7 Å². The van der Waals surface area contributed by atoms with E-state index in [9.17, 15) is 4.79 Å². The van der Waals surface area contributed by atoms with Crippen LogP contribution in [0.2, 0.25) is 0 Å². The van der Waals surface area contributed by atoms with Crippen molar-refractivity contribution in [3.8, 4) is 5.75 Å². The molecule has 0 saturated carbocycles. The number of carbonyl (C=O) groups is 1. The molecule has 3 rings (SSSR count). The molecule has 1 aliphatic rings. The van der Waals surface area contributed by atoms with Crippen LogP contribution in [0.5, 0.6) is 5.75 Å². The van der Waals surface area contributed by atoms with E-state index in [4.69, 9.17) is 21.7 Å². The number of aliphatic imine (C=N–C) groups is 1. The lowest BCUT2D eigenvalue weighted by Gasteiger charge is -2.24. The van der Waals surface area contributed by atoms with Gasteiger partial charge in [0.15, 0.2) is 10.9 Å². The van der Waals surface area contributed by atoms with E-state index in [1.54, 1.807) is 12.4 Å². The van der Waals surface area contributed by atoms with Crippen molar-refractivity contribution >= 4 is 47.1 Å². The first-order chi connectivity index (χ1) is 15.0. The quantitative estimate of drug-likeness (QED) is 0.350. The van der Waals surface area contributed by atoms with E-state index >= 15 is 0 Å². The van der Waals surface area contributed by atoms with E-state index in [0.717, 1.165) is 23.3 Å². The van der Waals surface area contributed by atoms with Gasteiger partial charge in [-0.3, -0.25) is 5.32 Å². The number of thiocarbonyl (C=S) groups is 1. The second-order valence-electron chi connectivity index (χ2n) is 9.00. The number of pyridine rings is 2. The van der Waals surface area contributed by atoms with Crippen molar-refractivity contribution in [3.63, 3.8) is 0 Å². The molecule has 32 heavy (non-hydrogen) atoms. The molecular formula is C22H28N6O3S. The minimum Gasteiger partial charge on any atom is -0.486 e. The van der Waals surface area contributed by atoms with Gasteiger partial charge in [-0.1, -0.05) is 20.8 Å². The first-order valence-corrected chi connectivity index (χ1v) is 10.5. The summed E-state index contributed by atoms with van der Waals surface area (Å²) < 4.78 is 10.6. The van der Waals surface area contributed by atoms with E-state index in [1.807, 2.05) is 46.8 Å². The summed E-state index contributed by atoms with van der Waals surface area (Å²) in [7, 11) is 1.30. The second kappa shape index (κ2) is 9.07. The van der Waals surface area contributed by atoms with Gasteiger partial charge in [-0.15, -0.1) is 0 Å². The number of amides is 1. The Morgan fingerprint density at radius 1 is 1.31 bits per heavy atom. The smallest absolute Gasteiger partial charge is 0.411 e. The number of ether oxygens (including phenoxy) is 2. The van der Waals surface area contributed by atoms with E-state index in [1.165, 1.54) is 13.4 Å². The Kier molecular flexibility index (Phi) is 6.63. The molecule has 10 heteroatoms. The zero-order chi connectivity index (χ0) is 23.5. The second-order valence-corrected chi connectivity index (χ2v) is 9.38. The molecule has 0 unspecified atom stereocenters. The topological polar surface area (TPSA) is 110 Å². The Balaban J connectivity index is 1.71. The highest BCUT2D eigenvalue weighted by Crippen LogP contribution is 2.35. The van der Waals surface area contributed by atoms with Crippen LogP contribution in [0.1, 0.15) is 45.7 Å². The molecule has 0 aliphatic carbocycles. The third kappa shape index (κ3) is 5.70. The molecule has 0 spiro atoms. The lowest BCUT2D eigenvalue weighted by Crippen LogP contribution is -2.24. The van der Waals surface area contributed by atoms with Crippen LogP contribution in [0.3, 0.4) is 0 Å². The van der Waals surface area contributed by atoms with E-state index in [-0.39, 0.29) is 16.1 Å². The number of carbonyl (C=O) groups excluding carboxylic acids is 1. The first kappa shape index (κ1) is 23.4. The summed E-state index contributed by atoms with van der Waals surface area (Å²) in [5.41, 5.74) is 1.97. The van der Waals surface area contributed by atoms with Gasteiger partial charge in [0.2, 0.25) is 0 Å². The van der Waals surface area contributed by atoms with E-state index in [0.29, 0.717) is 17.3 Å². The summed E-state index contributed by atoms with van der Waals surface area (Å²) in [5, 5.41) is 8.86. The zero-order valence-corrected chi connectivity index (χ0v) is 19.9. The number of hydrogen-bond donors (Lipinski definition) is 3. The standard InChI is InChI=1S/C22H28N6O3S/c1-21(2,3)14-7-8-23-18(17(14)27-20(29)30-6)28-19(32)26-12-25-16-9-13-10-22(4,5)31-15(13)11-24-16/h7-9,11-12H,10H2,1-6H3,(H,27,29)(H2,23,24,25,26,28,32). The Morgan fingerprint density at radius 3 is 2.75 bits per heavy atom. The fraction of sp³-hybridized carbons (Fsp3) is 0.409. The maximum atomic E-state index is 11.9. The van der Waals surface area contributed by atoms with Crippen LogP contribution in [0.25, 0.3) is 0 Å². The van der Waals surface area contributed by atoms with Gasteiger partial charge in [0, 0.05) is 18.2 Å². The predicted octanol–water partition coefficient (Wildman–Crippen LogP) is 4.50. The summed E-state index contributed by atoms with van der Waals surface area (Å²) in [5.74, 6) is 1.81. The molecule has 0 fully saturated rings. The molecule has 0 radical (unpaired) electrons. The van der Waals surface area contributed by atoms with Crippen molar-refractivity contribution in [2.45, 2.75) is 52.1 Å². The van der Waals surface area contributed by atoms with Crippen molar-refractivity contribution < 1.29 is 14.3 Å². The molecule has 1 amide bonds. The van der Waals surface area contributed by atoms with Crippen LogP contribution in [0.15, 0.2) is 29.5 Å². The SMILES string of the molecule is COC(=O)Nc1c(C(C)(C)C)ccnc1NC(=S)/N=C/Nc1cc2c(cn1)OC(C)(C)C2. The molecule has 9 nitrogen and oxygen atoms in total. The summed E-state index contributed by atoms with van der Waals surface area (Å²) in [6, 6.07) is 3.77. The molecule has 0 bridgehead atoms. The van der Waals surface area contributed by atoms with Gasteiger partial charge in [-0.2, -0.15) is 0 Å². The fourth-order valence-electron chi connectivity index (χ4n) is 3.34. The van der Waals surface area contributed by atoms with Crippen LogP contribution in [-0.2, 0) is 16.6 Å². The van der Waals surface area contributed by atoms with Crippen molar-refractivity contribution in [1.29, 1.82) is 0 Å². The Bertz CT molecular complexity index is 1060. The highest BCUT2D eigenvalue weighted by atomic mass is 32.1. The zero-order valence-electron chi connectivity index (χ0n) is 19.1. The normalized spacial score (nSPS) is 14.4. The summed E-state index contributed by atoms with van der Waals surface area (Å²) >= 11 is 5.33. The Labute approximate surface area is 193 Å². The first-order valence-electron chi connectivity index (χ1n) is 10.1. The Morgan fingerprint density at radius 2 is 2.06 bits per heavy atom. The maximum absolute atomic E-state index is 11.9. The summed E-state index contributed by atoms with van der Waals surface area (Å²) in [6.45, 7) is 10.2. The van der Waals surface area contributed by atoms with E-state index in [2.05, 4.69) is 30.9 Å². The van der Waals surface area contributed by atoms with Gasteiger partial charge in [0.25, 0.3) is 0 Å². The highest BCUT2D eigenvalue weighted by molar-refractivity contribution is 7.80. The molecule has 3 N–H and O–H groups in total. The van der Waals surface area contributed by atoms with Gasteiger partial charge < -0.3 is 20.1 Å². The van der Waals surface area contributed by atoms with Crippen molar-refractivity contribution in [2.75, 3.05) is 23.1 Å². The minimum absolute atomic E-state index is 0.162. The molecule has 1 aliphatic heterocycles. The number of anilines is 3. The molecule has 170 valence electrons. The minimum atomic E-state index is -0.600. The third-order valence-electron chi connectivity index (χ3n) is 4.74. The van der Waals surface area contributed by atoms with Gasteiger partial charge in [-0.05, 0) is 49.2 Å². The van der Waals surface area contributed by atoms with Crippen LogP contribution in [-0.4, -0.2) is 40.2 Å². The van der Waals surface area contributed by atoms with Gasteiger partial charge in [-0.25, -0.2) is 19.8 Å². The number of nitrogens with one attached hydrogen (secondary N) is 3. The van der Waals surface area contributed by atoms with Crippen molar-refractivity contribution in [2.24, 2.45) is 4.99 Å². The van der Waals surface area contributed by atoms with Crippen molar-refractivity contribution in [1.82, 2.24) is 9.97 Å². The monoisotopic (exact) mass is 456 g/mol. The molecule has 0 atom stereocenters. The molecule has 2 aromatic rings. The molecule has 0 aromatic carbocycles. The number of nitrogens with zero attached hydrogens (tertiary/aromatic N) is 3.